The summed E-state index contributed by atoms with van der Waals surface area (Å²) in [7, 11) is -1.07. The van der Waals surface area contributed by atoms with E-state index in [1.807, 2.05) is 0 Å². The summed E-state index contributed by atoms with van der Waals surface area (Å²) in [6.07, 6.45) is 3.07. The first kappa shape index (κ1) is 16.4. The third kappa shape index (κ3) is 10.3. The second-order valence-electron chi connectivity index (χ2n) is 5.37. The standard InChI is InChI=1S/C12H26O3Si2/c1-5-11(2)16-10-17(3,4)9-7-6-8-15-12(13)14/h5H,6-10,16H2,1-4H3,(H,13,14). The highest BCUT2D eigenvalue weighted by Gasteiger charge is 2.19. The minimum atomic E-state index is -1.15. The van der Waals surface area contributed by atoms with E-state index in [1.165, 1.54) is 11.7 Å². The van der Waals surface area contributed by atoms with Gasteiger partial charge in [-0.2, -0.15) is 0 Å². The van der Waals surface area contributed by atoms with Gasteiger partial charge in [0.25, 0.3) is 0 Å². The Morgan fingerprint density at radius 1 is 1.41 bits per heavy atom. The molecule has 0 amide bonds. The van der Waals surface area contributed by atoms with Crippen LogP contribution in [-0.4, -0.2) is 35.5 Å². The molecule has 0 rings (SSSR count). The molecule has 0 bridgehead atoms. The van der Waals surface area contributed by atoms with E-state index in [1.54, 1.807) is 5.20 Å². The van der Waals surface area contributed by atoms with E-state index in [2.05, 4.69) is 37.8 Å². The number of carbonyl (C=O) groups is 1. The van der Waals surface area contributed by atoms with Gasteiger partial charge in [0.2, 0.25) is 0 Å². The van der Waals surface area contributed by atoms with Crippen LogP contribution in [0.4, 0.5) is 4.79 Å². The van der Waals surface area contributed by atoms with Crippen molar-refractivity contribution in [3.63, 3.8) is 0 Å². The predicted octanol–water partition coefficient (Wildman–Crippen LogP) is 3.22. The van der Waals surface area contributed by atoms with Crippen LogP contribution < -0.4 is 0 Å². The Hall–Kier alpha value is -0.556. The van der Waals surface area contributed by atoms with E-state index in [0.717, 1.165) is 12.8 Å². The van der Waals surface area contributed by atoms with Crippen molar-refractivity contribution in [2.75, 3.05) is 6.61 Å². The highest BCUT2D eigenvalue weighted by Crippen LogP contribution is 2.19. The van der Waals surface area contributed by atoms with E-state index in [9.17, 15) is 4.79 Å². The Kier molecular flexibility index (Phi) is 8.24. The largest absolute Gasteiger partial charge is 0.505 e. The van der Waals surface area contributed by atoms with Crippen LogP contribution in [0.3, 0.4) is 0 Å². The summed E-state index contributed by atoms with van der Waals surface area (Å²) >= 11 is 0. The van der Waals surface area contributed by atoms with Gasteiger partial charge in [0, 0.05) is 17.6 Å². The Morgan fingerprint density at radius 3 is 2.59 bits per heavy atom. The van der Waals surface area contributed by atoms with Crippen molar-refractivity contribution in [2.45, 2.75) is 51.5 Å². The SMILES string of the molecule is CC=C(C)[SiH2]C[Si](C)(C)CCCCOC(=O)O. The van der Waals surface area contributed by atoms with Gasteiger partial charge in [0.1, 0.15) is 0 Å². The lowest BCUT2D eigenvalue weighted by Gasteiger charge is -2.22. The highest BCUT2D eigenvalue weighted by molar-refractivity contribution is 6.85. The van der Waals surface area contributed by atoms with Gasteiger partial charge in [-0.05, 0) is 20.3 Å². The molecule has 0 aromatic heterocycles. The van der Waals surface area contributed by atoms with Gasteiger partial charge >= 0.3 is 6.16 Å². The topological polar surface area (TPSA) is 46.5 Å². The summed E-state index contributed by atoms with van der Waals surface area (Å²) in [6.45, 7) is 9.62. The molecular formula is C12H26O3Si2. The number of carboxylic acid groups (broad SMARTS) is 1. The van der Waals surface area contributed by atoms with Crippen molar-refractivity contribution in [1.29, 1.82) is 0 Å². The number of allylic oxidation sites excluding steroid dienone is 2. The third-order valence-electron chi connectivity index (χ3n) is 3.16. The molecule has 17 heavy (non-hydrogen) atoms. The quantitative estimate of drug-likeness (QED) is 0.420. The van der Waals surface area contributed by atoms with Crippen LogP contribution in [0.5, 0.6) is 0 Å². The van der Waals surface area contributed by atoms with Gasteiger partial charge < -0.3 is 9.84 Å². The molecule has 5 heteroatoms. The van der Waals surface area contributed by atoms with Crippen LogP contribution in [0.2, 0.25) is 24.8 Å². The molecular weight excluding hydrogens is 248 g/mol. The predicted molar refractivity (Wildman–Crippen MR) is 78.3 cm³/mol. The zero-order valence-electron chi connectivity index (χ0n) is 11.6. The van der Waals surface area contributed by atoms with E-state index in [-0.39, 0.29) is 9.52 Å². The Labute approximate surface area is 108 Å². The van der Waals surface area contributed by atoms with Crippen LogP contribution in [0.25, 0.3) is 0 Å². The van der Waals surface area contributed by atoms with Gasteiger partial charge in [-0.1, -0.05) is 42.5 Å². The fraction of sp³-hybridized carbons (Fsp3) is 0.750. The first-order chi connectivity index (χ1) is 7.87. The van der Waals surface area contributed by atoms with Crippen LogP contribution in [0.15, 0.2) is 11.3 Å². The number of ether oxygens (including phenoxy) is 1. The van der Waals surface area contributed by atoms with Crippen LogP contribution >= 0.6 is 0 Å². The summed E-state index contributed by atoms with van der Waals surface area (Å²) in [5.41, 5.74) is 1.46. The molecule has 0 fully saturated rings. The maximum Gasteiger partial charge on any atom is 0.505 e. The van der Waals surface area contributed by atoms with Crippen LogP contribution in [0, 0.1) is 0 Å². The van der Waals surface area contributed by atoms with E-state index >= 15 is 0 Å². The molecule has 0 radical (unpaired) electrons. The average Bonchev–Trinajstić information content (AvgIpc) is 2.25. The average molecular weight is 275 g/mol. The maximum absolute atomic E-state index is 10.2. The van der Waals surface area contributed by atoms with Gasteiger partial charge in [0.05, 0.1) is 6.61 Å². The Balaban J connectivity index is 3.67. The van der Waals surface area contributed by atoms with Gasteiger partial charge in [-0.15, -0.1) is 0 Å². The van der Waals surface area contributed by atoms with Gasteiger partial charge in [0.15, 0.2) is 0 Å². The van der Waals surface area contributed by atoms with Gasteiger partial charge in [-0.25, -0.2) is 4.79 Å². The molecule has 0 aliphatic heterocycles. The summed E-state index contributed by atoms with van der Waals surface area (Å²) in [5, 5.41) is 9.94. The fourth-order valence-electron chi connectivity index (χ4n) is 1.67. The van der Waals surface area contributed by atoms with Crippen molar-refractivity contribution in [1.82, 2.24) is 0 Å². The summed E-state index contributed by atoms with van der Waals surface area (Å²) in [6, 6.07) is 1.29. The Morgan fingerprint density at radius 2 is 2.06 bits per heavy atom. The third-order valence-corrected chi connectivity index (χ3v) is 12.5. The van der Waals surface area contributed by atoms with Crippen molar-refractivity contribution >= 4 is 23.7 Å². The minimum absolute atomic E-state index is 0.0234. The normalized spacial score (nSPS) is 13.3. The first-order valence-corrected chi connectivity index (χ1v) is 11.5. The lowest BCUT2D eigenvalue weighted by Crippen LogP contribution is -2.27. The number of hydrogen-bond donors (Lipinski definition) is 1. The summed E-state index contributed by atoms with van der Waals surface area (Å²) in [5.74, 6) is 0. The molecule has 0 aliphatic carbocycles. The molecule has 0 aromatic carbocycles. The van der Waals surface area contributed by atoms with Crippen molar-refractivity contribution < 1.29 is 14.6 Å². The molecule has 1 N–H and O–H groups in total. The second kappa shape index (κ2) is 8.52. The van der Waals surface area contributed by atoms with Crippen molar-refractivity contribution in [3.05, 3.63) is 11.3 Å². The second-order valence-corrected chi connectivity index (χ2v) is 13.8. The summed E-state index contributed by atoms with van der Waals surface area (Å²) in [4.78, 5) is 10.2. The Bertz CT molecular complexity index is 262. The maximum atomic E-state index is 10.2. The van der Waals surface area contributed by atoms with Crippen LogP contribution in [-0.2, 0) is 4.74 Å². The fourth-order valence-corrected chi connectivity index (χ4v) is 8.45. The molecule has 0 unspecified atom stereocenters. The number of unbranched alkanes of at least 4 members (excludes halogenated alkanes) is 1. The molecule has 0 spiro atoms. The molecule has 0 atom stereocenters. The molecule has 0 saturated heterocycles. The summed E-state index contributed by atoms with van der Waals surface area (Å²) < 4.78 is 4.50. The molecule has 0 saturated carbocycles. The highest BCUT2D eigenvalue weighted by atomic mass is 28.4. The minimum Gasteiger partial charge on any atom is -0.450 e. The molecule has 0 heterocycles. The van der Waals surface area contributed by atoms with E-state index in [0.29, 0.717) is 6.61 Å². The smallest absolute Gasteiger partial charge is 0.450 e. The number of hydrogen-bond acceptors (Lipinski definition) is 2. The lowest BCUT2D eigenvalue weighted by atomic mass is 10.4. The van der Waals surface area contributed by atoms with E-state index in [4.69, 9.17) is 5.11 Å². The molecule has 3 nitrogen and oxygen atoms in total. The monoisotopic (exact) mass is 274 g/mol. The van der Waals surface area contributed by atoms with Crippen molar-refractivity contribution in [3.8, 4) is 0 Å². The van der Waals surface area contributed by atoms with Crippen LogP contribution in [0.1, 0.15) is 26.7 Å². The lowest BCUT2D eigenvalue weighted by molar-refractivity contribution is 0.0904. The van der Waals surface area contributed by atoms with E-state index < -0.39 is 14.2 Å². The zero-order chi connectivity index (χ0) is 13.3. The van der Waals surface area contributed by atoms with Gasteiger partial charge in [-0.3, -0.25) is 0 Å². The zero-order valence-corrected chi connectivity index (χ0v) is 14.0. The first-order valence-electron chi connectivity index (χ1n) is 6.35. The number of rotatable bonds is 8. The van der Waals surface area contributed by atoms with Crippen molar-refractivity contribution in [2.24, 2.45) is 0 Å². The molecule has 0 aromatic rings. The molecule has 100 valence electrons. The molecule has 0 aliphatic rings.